The van der Waals surface area contributed by atoms with Crippen LogP contribution in [-0.2, 0) is 16.1 Å². The topological polar surface area (TPSA) is 26.3 Å². The minimum Gasteiger partial charge on any atom is -0.461 e. The molecule has 0 aliphatic heterocycles. The lowest BCUT2D eigenvalue weighted by Gasteiger charge is -2.01. The lowest BCUT2D eigenvalue weighted by Crippen LogP contribution is -2.01. The third-order valence-electron chi connectivity index (χ3n) is 1.31. The standard InChI is InChI=1S/C10H12O2/c1-2-10(11)12-8-9-6-4-3-5-7-9/h3-7H,2,8H2,1H3/i1D3,2D2. The highest BCUT2D eigenvalue weighted by Gasteiger charge is 1.97. The molecule has 0 fully saturated rings. The van der Waals surface area contributed by atoms with E-state index in [1.54, 1.807) is 30.3 Å². The number of esters is 1. The molecule has 0 aliphatic rings. The van der Waals surface area contributed by atoms with Crippen molar-refractivity contribution in [1.82, 2.24) is 0 Å². The summed E-state index contributed by atoms with van der Waals surface area (Å²) < 4.78 is 39.7. The van der Waals surface area contributed by atoms with E-state index in [9.17, 15) is 4.79 Å². The molecule has 2 nitrogen and oxygen atoms in total. The van der Waals surface area contributed by atoms with Gasteiger partial charge in [-0.15, -0.1) is 0 Å². The van der Waals surface area contributed by atoms with E-state index in [0.29, 0.717) is 5.56 Å². The summed E-state index contributed by atoms with van der Waals surface area (Å²) in [6.07, 6.45) is -2.98. The second kappa shape index (κ2) is 4.54. The summed E-state index contributed by atoms with van der Waals surface area (Å²) in [5.41, 5.74) is 0.669. The lowest BCUT2D eigenvalue weighted by molar-refractivity contribution is -0.144. The van der Waals surface area contributed by atoms with Crippen molar-refractivity contribution < 1.29 is 16.4 Å². The van der Waals surface area contributed by atoms with Crippen LogP contribution < -0.4 is 0 Å². The van der Waals surface area contributed by atoms with Gasteiger partial charge >= 0.3 is 5.97 Å². The van der Waals surface area contributed by atoms with Gasteiger partial charge in [0.25, 0.3) is 0 Å². The second-order valence-corrected chi connectivity index (χ2v) is 2.19. The first-order valence-electron chi connectivity index (χ1n) is 5.96. The van der Waals surface area contributed by atoms with E-state index in [4.69, 9.17) is 6.85 Å². The van der Waals surface area contributed by atoms with E-state index in [-0.39, 0.29) is 6.61 Å². The number of hydrogen-bond donors (Lipinski definition) is 0. The molecule has 64 valence electrons. The van der Waals surface area contributed by atoms with Crippen LogP contribution in [-0.4, -0.2) is 5.97 Å². The summed E-state index contributed by atoms with van der Waals surface area (Å²) in [5, 5.41) is 0. The zero-order chi connectivity index (χ0) is 13.1. The maximum Gasteiger partial charge on any atom is 0.305 e. The summed E-state index contributed by atoms with van der Waals surface area (Å²) in [6.45, 7) is -3.17. The number of hydrogen-bond acceptors (Lipinski definition) is 2. The van der Waals surface area contributed by atoms with Gasteiger partial charge in [-0.25, -0.2) is 0 Å². The van der Waals surface area contributed by atoms with Gasteiger partial charge in [0, 0.05) is 13.2 Å². The molecule has 0 amide bonds. The summed E-state index contributed by atoms with van der Waals surface area (Å²) >= 11 is 0. The van der Waals surface area contributed by atoms with Crippen LogP contribution in [0.2, 0.25) is 0 Å². The van der Waals surface area contributed by atoms with Crippen molar-refractivity contribution in [3.63, 3.8) is 0 Å². The number of carbonyl (C=O) groups excluding carboxylic acids is 1. The molecule has 0 spiro atoms. The Labute approximate surface area is 79.2 Å². The second-order valence-electron chi connectivity index (χ2n) is 2.19. The predicted octanol–water partition coefficient (Wildman–Crippen LogP) is 2.14. The smallest absolute Gasteiger partial charge is 0.305 e. The molecule has 0 saturated carbocycles. The maximum atomic E-state index is 11.3. The summed E-state index contributed by atoms with van der Waals surface area (Å²) in [5.74, 6) is -1.37. The molecule has 0 unspecified atom stereocenters. The summed E-state index contributed by atoms with van der Waals surface area (Å²) in [6, 6.07) is 8.65. The number of rotatable bonds is 3. The largest absolute Gasteiger partial charge is 0.461 e. The van der Waals surface area contributed by atoms with Crippen LogP contribution in [0.4, 0.5) is 0 Å². The van der Waals surface area contributed by atoms with Gasteiger partial charge in [0.2, 0.25) is 0 Å². The minimum absolute atomic E-state index is 0.144. The lowest BCUT2D eigenvalue weighted by atomic mass is 10.2. The third-order valence-corrected chi connectivity index (χ3v) is 1.31. The predicted molar refractivity (Wildman–Crippen MR) is 46.5 cm³/mol. The first-order valence-corrected chi connectivity index (χ1v) is 3.46. The van der Waals surface area contributed by atoms with Crippen molar-refractivity contribution in [3.8, 4) is 0 Å². The molecule has 0 radical (unpaired) electrons. The highest BCUT2D eigenvalue weighted by atomic mass is 16.5. The fraction of sp³-hybridized carbons (Fsp3) is 0.300. The highest BCUT2D eigenvalue weighted by Crippen LogP contribution is 2.00. The zero-order valence-electron chi connectivity index (χ0n) is 11.4. The first kappa shape index (κ1) is 4.08. The van der Waals surface area contributed by atoms with Crippen molar-refractivity contribution in [3.05, 3.63) is 35.9 Å². The van der Waals surface area contributed by atoms with E-state index in [1.807, 2.05) is 0 Å². The Morgan fingerprint density at radius 1 is 1.58 bits per heavy atom. The van der Waals surface area contributed by atoms with E-state index < -0.39 is 19.2 Å². The Morgan fingerprint density at radius 2 is 2.33 bits per heavy atom. The normalized spacial score (nSPS) is 17.8. The Kier molecular flexibility index (Phi) is 1.54. The average molecular weight is 169 g/mol. The van der Waals surface area contributed by atoms with E-state index in [2.05, 4.69) is 4.74 Å². The SMILES string of the molecule is [2H]C([2H])([2H])C([2H])([2H])C(=O)OCc1ccccc1. The molecular formula is C10H12O2. The number of ether oxygens (including phenoxy) is 1. The van der Waals surface area contributed by atoms with Gasteiger partial charge < -0.3 is 4.74 Å². The molecule has 1 aromatic rings. The van der Waals surface area contributed by atoms with Gasteiger partial charge in [-0.3, -0.25) is 4.79 Å². The van der Waals surface area contributed by atoms with Crippen LogP contribution in [0, 0.1) is 0 Å². The van der Waals surface area contributed by atoms with Crippen LogP contribution in [0.15, 0.2) is 30.3 Å². The third kappa shape index (κ3) is 2.74. The Bertz CT molecular complexity index is 385. The Morgan fingerprint density at radius 3 is 3.00 bits per heavy atom. The van der Waals surface area contributed by atoms with Crippen molar-refractivity contribution in [1.29, 1.82) is 0 Å². The molecule has 0 N–H and O–H groups in total. The Balaban J connectivity index is 2.62. The van der Waals surface area contributed by atoms with Gasteiger partial charge in [0.15, 0.2) is 0 Å². The molecule has 0 heterocycles. The van der Waals surface area contributed by atoms with Gasteiger partial charge in [-0.05, 0) is 5.56 Å². The highest BCUT2D eigenvalue weighted by molar-refractivity contribution is 5.68. The first-order chi connectivity index (χ1) is 7.75. The van der Waals surface area contributed by atoms with Crippen LogP contribution in [0.1, 0.15) is 25.6 Å². The quantitative estimate of drug-likeness (QED) is 0.648. The van der Waals surface area contributed by atoms with Gasteiger partial charge in [0.05, 0.1) is 0 Å². The molecule has 0 aromatic heterocycles. The number of benzene rings is 1. The zero-order valence-corrected chi connectivity index (χ0v) is 6.41. The summed E-state index contributed by atoms with van der Waals surface area (Å²) in [4.78, 5) is 11.3. The molecule has 0 saturated heterocycles. The van der Waals surface area contributed by atoms with Crippen LogP contribution >= 0.6 is 0 Å². The van der Waals surface area contributed by atoms with E-state index in [1.165, 1.54) is 0 Å². The molecule has 1 aromatic carbocycles. The van der Waals surface area contributed by atoms with Crippen LogP contribution in [0.3, 0.4) is 0 Å². The molecular weight excluding hydrogens is 152 g/mol. The molecule has 12 heavy (non-hydrogen) atoms. The fourth-order valence-electron chi connectivity index (χ4n) is 0.759. The van der Waals surface area contributed by atoms with Gasteiger partial charge in [-0.2, -0.15) is 0 Å². The monoisotopic (exact) mass is 169 g/mol. The average Bonchev–Trinajstić information content (AvgIpc) is 2.25. The van der Waals surface area contributed by atoms with Crippen LogP contribution in [0.25, 0.3) is 0 Å². The van der Waals surface area contributed by atoms with Crippen molar-refractivity contribution in [2.24, 2.45) is 0 Å². The Hall–Kier alpha value is -1.31. The van der Waals surface area contributed by atoms with Crippen LogP contribution in [0.5, 0.6) is 0 Å². The minimum atomic E-state index is -3.03. The molecule has 0 bridgehead atoms. The molecule has 1 rings (SSSR count). The summed E-state index contributed by atoms with van der Waals surface area (Å²) in [7, 11) is 0. The van der Waals surface area contributed by atoms with E-state index in [0.717, 1.165) is 0 Å². The van der Waals surface area contributed by atoms with Gasteiger partial charge in [-0.1, -0.05) is 37.2 Å². The van der Waals surface area contributed by atoms with Gasteiger partial charge in [0.1, 0.15) is 6.61 Å². The number of carbonyl (C=O) groups is 1. The van der Waals surface area contributed by atoms with Crippen molar-refractivity contribution >= 4 is 5.97 Å². The molecule has 0 atom stereocenters. The molecule has 0 aliphatic carbocycles. The van der Waals surface area contributed by atoms with Crippen molar-refractivity contribution in [2.45, 2.75) is 19.8 Å². The fourth-order valence-corrected chi connectivity index (χ4v) is 0.759. The maximum absolute atomic E-state index is 11.3. The van der Waals surface area contributed by atoms with E-state index >= 15 is 0 Å². The molecule has 2 heteroatoms. The van der Waals surface area contributed by atoms with Crippen molar-refractivity contribution in [2.75, 3.05) is 0 Å².